The molecular weight excluding hydrogens is 445 g/mol. The third-order valence-corrected chi connectivity index (χ3v) is 5.02. The molecule has 2 aromatic carbocycles. The van der Waals surface area contributed by atoms with Crippen LogP contribution in [0, 0.1) is 0 Å². The fourth-order valence-corrected chi connectivity index (χ4v) is 3.15. The van der Waals surface area contributed by atoms with Crippen LogP contribution in [0.2, 0.25) is 10.0 Å². The van der Waals surface area contributed by atoms with Crippen molar-refractivity contribution in [2.24, 2.45) is 0 Å². The summed E-state index contributed by atoms with van der Waals surface area (Å²) in [5.41, 5.74) is 1.81. The molecule has 1 aromatic heterocycles. The minimum Gasteiger partial charge on any atom is -0.451 e. The summed E-state index contributed by atoms with van der Waals surface area (Å²) in [5.74, 6) is -0.149. The van der Waals surface area contributed by atoms with Crippen LogP contribution in [0.25, 0.3) is 11.3 Å². The Labute approximate surface area is 188 Å². The molecule has 0 spiro atoms. The maximum atomic E-state index is 12.4. The molecule has 3 N–H and O–H groups in total. The molecule has 0 bridgehead atoms. The maximum Gasteiger partial charge on any atom is 0.293 e. The maximum absolute atomic E-state index is 12.4. The van der Waals surface area contributed by atoms with Crippen molar-refractivity contribution in [2.45, 2.75) is 13.3 Å². The lowest BCUT2D eigenvalue weighted by atomic mass is 10.2. The molecule has 6 nitrogen and oxygen atoms in total. The SMILES string of the molecule is CCC(=O)Nc1cccc(NC(=S)NC(=O)c2ccc(-c3cccc(Cl)c3Cl)o2)c1. The Morgan fingerprint density at radius 2 is 1.70 bits per heavy atom. The zero-order valence-electron chi connectivity index (χ0n) is 15.8. The average molecular weight is 462 g/mol. The number of carbonyl (C=O) groups excluding carboxylic acids is 2. The van der Waals surface area contributed by atoms with Gasteiger partial charge in [-0.1, -0.05) is 42.3 Å². The predicted octanol–water partition coefficient (Wildman–Crippen LogP) is 5.73. The Kier molecular flexibility index (Phi) is 7.10. The van der Waals surface area contributed by atoms with Crippen LogP contribution in [0.15, 0.2) is 59.0 Å². The van der Waals surface area contributed by atoms with Gasteiger partial charge < -0.3 is 15.1 Å². The molecule has 0 saturated heterocycles. The van der Waals surface area contributed by atoms with Gasteiger partial charge >= 0.3 is 0 Å². The van der Waals surface area contributed by atoms with Gasteiger partial charge in [-0.25, -0.2) is 0 Å². The first-order chi connectivity index (χ1) is 14.4. The first-order valence-electron chi connectivity index (χ1n) is 8.94. The molecule has 0 fully saturated rings. The number of furan rings is 1. The second-order valence-corrected chi connectivity index (χ2v) is 7.35. The number of anilines is 2. The second-order valence-electron chi connectivity index (χ2n) is 6.16. The molecule has 0 radical (unpaired) electrons. The fraction of sp³-hybridized carbons (Fsp3) is 0.0952. The lowest BCUT2D eigenvalue weighted by molar-refractivity contribution is -0.115. The topological polar surface area (TPSA) is 83.4 Å². The number of carbonyl (C=O) groups is 2. The molecule has 9 heteroatoms. The largest absolute Gasteiger partial charge is 0.451 e. The summed E-state index contributed by atoms with van der Waals surface area (Å²) in [4.78, 5) is 24.0. The van der Waals surface area contributed by atoms with Crippen molar-refractivity contribution in [3.63, 3.8) is 0 Å². The highest BCUT2D eigenvalue weighted by Gasteiger charge is 2.16. The Hall–Kier alpha value is -2.87. The van der Waals surface area contributed by atoms with Crippen LogP contribution < -0.4 is 16.0 Å². The molecule has 0 aliphatic rings. The number of amides is 2. The zero-order chi connectivity index (χ0) is 21.7. The molecule has 0 unspecified atom stereocenters. The predicted molar refractivity (Wildman–Crippen MR) is 123 cm³/mol. The van der Waals surface area contributed by atoms with Gasteiger partial charge in [-0.2, -0.15) is 0 Å². The van der Waals surface area contributed by atoms with E-state index in [1.54, 1.807) is 55.5 Å². The van der Waals surface area contributed by atoms with Crippen LogP contribution in [0.4, 0.5) is 11.4 Å². The third kappa shape index (κ3) is 5.38. The van der Waals surface area contributed by atoms with Crippen molar-refractivity contribution in [1.29, 1.82) is 0 Å². The number of benzene rings is 2. The van der Waals surface area contributed by atoms with Crippen LogP contribution in [-0.4, -0.2) is 16.9 Å². The number of rotatable bonds is 5. The van der Waals surface area contributed by atoms with Crippen LogP contribution in [0.3, 0.4) is 0 Å². The van der Waals surface area contributed by atoms with E-state index in [0.29, 0.717) is 39.2 Å². The van der Waals surface area contributed by atoms with Gasteiger partial charge in [0.05, 0.1) is 10.0 Å². The van der Waals surface area contributed by atoms with Crippen molar-refractivity contribution in [3.8, 4) is 11.3 Å². The number of hydrogen-bond acceptors (Lipinski definition) is 4. The molecule has 154 valence electrons. The molecule has 2 amide bonds. The number of thiocarbonyl (C=S) groups is 1. The van der Waals surface area contributed by atoms with Gasteiger partial charge in [0.1, 0.15) is 5.76 Å². The van der Waals surface area contributed by atoms with E-state index >= 15 is 0 Å². The van der Waals surface area contributed by atoms with Gasteiger partial charge in [0.25, 0.3) is 5.91 Å². The lowest BCUT2D eigenvalue weighted by Gasteiger charge is -2.10. The van der Waals surface area contributed by atoms with E-state index in [-0.39, 0.29) is 16.8 Å². The quantitative estimate of drug-likeness (QED) is 0.422. The molecular formula is C21H17Cl2N3O3S. The molecule has 30 heavy (non-hydrogen) atoms. The Balaban J connectivity index is 1.65. The van der Waals surface area contributed by atoms with E-state index in [0.717, 1.165) is 0 Å². The zero-order valence-corrected chi connectivity index (χ0v) is 18.1. The number of hydrogen-bond donors (Lipinski definition) is 3. The van der Waals surface area contributed by atoms with Crippen LogP contribution in [-0.2, 0) is 4.79 Å². The second kappa shape index (κ2) is 9.75. The van der Waals surface area contributed by atoms with E-state index in [2.05, 4.69) is 16.0 Å². The Bertz CT molecular complexity index is 1110. The van der Waals surface area contributed by atoms with E-state index in [4.69, 9.17) is 39.8 Å². The van der Waals surface area contributed by atoms with Gasteiger partial charge in [0.2, 0.25) is 5.91 Å². The summed E-state index contributed by atoms with van der Waals surface area (Å²) < 4.78 is 5.60. The minimum atomic E-state index is -0.521. The summed E-state index contributed by atoms with van der Waals surface area (Å²) in [6.07, 6.45) is 0.373. The van der Waals surface area contributed by atoms with Gasteiger partial charge in [-0.05, 0) is 54.7 Å². The molecule has 0 aliphatic heterocycles. The van der Waals surface area contributed by atoms with E-state index < -0.39 is 5.91 Å². The highest BCUT2D eigenvalue weighted by molar-refractivity contribution is 7.80. The molecule has 1 heterocycles. The van der Waals surface area contributed by atoms with E-state index in [1.807, 2.05) is 0 Å². The summed E-state index contributed by atoms with van der Waals surface area (Å²) >= 11 is 17.4. The summed E-state index contributed by atoms with van der Waals surface area (Å²) in [5, 5.41) is 9.01. The van der Waals surface area contributed by atoms with Crippen LogP contribution in [0.1, 0.15) is 23.9 Å². The minimum absolute atomic E-state index is 0.0640. The van der Waals surface area contributed by atoms with Crippen LogP contribution in [0.5, 0.6) is 0 Å². The smallest absolute Gasteiger partial charge is 0.293 e. The third-order valence-electron chi connectivity index (χ3n) is 4.00. The van der Waals surface area contributed by atoms with Crippen molar-refractivity contribution < 1.29 is 14.0 Å². The fourth-order valence-electron chi connectivity index (χ4n) is 2.55. The van der Waals surface area contributed by atoms with Gasteiger partial charge in [0.15, 0.2) is 10.9 Å². The Morgan fingerprint density at radius 3 is 2.43 bits per heavy atom. The van der Waals surface area contributed by atoms with Crippen molar-refractivity contribution in [3.05, 3.63) is 70.4 Å². The van der Waals surface area contributed by atoms with Gasteiger partial charge in [-0.3, -0.25) is 14.9 Å². The van der Waals surface area contributed by atoms with Gasteiger partial charge in [0, 0.05) is 23.4 Å². The normalized spacial score (nSPS) is 10.4. The van der Waals surface area contributed by atoms with Crippen molar-refractivity contribution in [2.75, 3.05) is 10.6 Å². The van der Waals surface area contributed by atoms with Crippen LogP contribution >= 0.6 is 35.4 Å². The average Bonchev–Trinajstić information content (AvgIpc) is 3.20. The first kappa shape index (κ1) is 21.8. The highest BCUT2D eigenvalue weighted by atomic mass is 35.5. The first-order valence-corrected chi connectivity index (χ1v) is 10.1. The van der Waals surface area contributed by atoms with Crippen molar-refractivity contribution >= 4 is 63.7 Å². The van der Waals surface area contributed by atoms with E-state index in [9.17, 15) is 9.59 Å². The molecule has 3 rings (SSSR count). The summed E-state index contributed by atoms with van der Waals surface area (Å²) in [7, 11) is 0. The number of halogens is 2. The Morgan fingerprint density at radius 1 is 1.00 bits per heavy atom. The van der Waals surface area contributed by atoms with Gasteiger partial charge in [-0.15, -0.1) is 0 Å². The summed E-state index contributed by atoms with van der Waals surface area (Å²) in [6, 6.07) is 15.3. The van der Waals surface area contributed by atoms with E-state index in [1.165, 1.54) is 6.07 Å². The standard InChI is InChI=1S/C21H17Cl2N3O3S/c1-2-18(27)24-12-5-3-6-13(11-12)25-21(30)26-20(28)17-10-9-16(29-17)14-7-4-8-15(22)19(14)23/h3-11H,2H2,1H3,(H,24,27)(H2,25,26,28,30). The highest BCUT2D eigenvalue weighted by Crippen LogP contribution is 2.34. The molecule has 0 aliphatic carbocycles. The molecule has 0 saturated carbocycles. The monoisotopic (exact) mass is 461 g/mol. The number of nitrogens with one attached hydrogen (secondary N) is 3. The molecule has 0 atom stereocenters. The molecule has 3 aromatic rings. The lowest BCUT2D eigenvalue weighted by Crippen LogP contribution is -2.33. The summed E-state index contributed by atoms with van der Waals surface area (Å²) in [6.45, 7) is 1.77. The van der Waals surface area contributed by atoms with Crippen molar-refractivity contribution in [1.82, 2.24) is 5.32 Å².